The number of hydrogen-bond donors (Lipinski definition) is 1. The molecule has 2 aromatic rings. The van der Waals surface area contributed by atoms with Crippen LogP contribution in [0.15, 0.2) is 18.2 Å². The molecule has 0 aliphatic heterocycles. The molecule has 4 heteroatoms. The van der Waals surface area contributed by atoms with Crippen LogP contribution in [0.2, 0.25) is 5.15 Å². The number of halogens is 1. The molecule has 0 amide bonds. The molecular formula is C12H12ClNO2. The van der Waals surface area contributed by atoms with Gasteiger partial charge in [-0.3, -0.25) is 4.79 Å². The molecule has 3 nitrogen and oxygen atoms in total. The Morgan fingerprint density at radius 1 is 1.50 bits per heavy atom. The van der Waals surface area contributed by atoms with Crippen LogP contribution in [0, 0.1) is 6.92 Å². The van der Waals surface area contributed by atoms with Gasteiger partial charge in [0.2, 0.25) is 0 Å². The average molecular weight is 238 g/mol. The van der Waals surface area contributed by atoms with E-state index in [-0.39, 0.29) is 6.42 Å². The second kappa shape index (κ2) is 3.83. The molecular weight excluding hydrogens is 226 g/mol. The number of fused-ring (bicyclic) bond motifs is 1. The maximum absolute atomic E-state index is 10.8. The molecule has 0 aliphatic rings. The number of hydrogen-bond acceptors (Lipinski definition) is 1. The van der Waals surface area contributed by atoms with Crippen molar-refractivity contribution in [3.05, 3.63) is 34.5 Å². The van der Waals surface area contributed by atoms with E-state index in [9.17, 15) is 4.79 Å². The second-order valence-electron chi connectivity index (χ2n) is 3.92. The molecule has 1 aromatic heterocycles. The highest BCUT2D eigenvalue weighted by molar-refractivity contribution is 6.32. The van der Waals surface area contributed by atoms with Gasteiger partial charge in [-0.15, -0.1) is 0 Å². The number of carboxylic acid groups (broad SMARTS) is 1. The van der Waals surface area contributed by atoms with Gasteiger partial charge in [0.15, 0.2) is 0 Å². The van der Waals surface area contributed by atoms with Crippen molar-refractivity contribution >= 4 is 28.5 Å². The van der Waals surface area contributed by atoms with Gasteiger partial charge < -0.3 is 9.67 Å². The Morgan fingerprint density at radius 3 is 2.81 bits per heavy atom. The van der Waals surface area contributed by atoms with Crippen LogP contribution in [0.25, 0.3) is 10.9 Å². The van der Waals surface area contributed by atoms with E-state index >= 15 is 0 Å². The Labute approximate surface area is 98.3 Å². The lowest BCUT2D eigenvalue weighted by atomic mass is 10.1. The molecule has 2 rings (SSSR count). The molecule has 1 aromatic carbocycles. The first-order chi connectivity index (χ1) is 7.50. The smallest absolute Gasteiger partial charge is 0.307 e. The maximum atomic E-state index is 10.8. The molecule has 0 saturated carbocycles. The van der Waals surface area contributed by atoms with Crippen LogP contribution in [0.1, 0.15) is 11.1 Å². The third-order valence-corrected chi connectivity index (χ3v) is 3.19. The second-order valence-corrected chi connectivity index (χ2v) is 4.28. The van der Waals surface area contributed by atoms with E-state index in [1.54, 1.807) is 0 Å². The number of carbonyl (C=O) groups is 1. The summed E-state index contributed by atoms with van der Waals surface area (Å²) in [6.07, 6.45) is -0.0420. The summed E-state index contributed by atoms with van der Waals surface area (Å²) in [6.45, 7) is 1.98. The van der Waals surface area contributed by atoms with E-state index in [0.717, 1.165) is 16.5 Å². The summed E-state index contributed by atoms with van der Waals surface area (Å²) in [5, 5.41) is 10.3. The minimum Gasteiger partial charge on any atom is -0.481 e. The van der Waals surface area contributed by atoms with Gasteiger partial charge in [-0.2, -0.15) is 0 Å². The van der Waals surface area contributed by atoms with Crippen molar-refractivity contribution in [3.63, 3.8) is 0 Å². The fraction of sp³-hybridized carbons (Fsp3) is 0.250. The molecule has 1 heterocycles. The van der Waals surface area contributed by atoms with Gasteiger partial charge in [0, 0.05) is 23.5 Å². The largest absolute Gasteiger partial charge is 0.481 e. The van der Waals surface area contributed by atoms with Crippen LogP contribution in [-0.2, 0) is 18.3 Å². The van der Waals surface area contributed by atoms with E-state index in [1.807, 2.05) is 36.7 Å². The fourth-order valence-corrected chi connectivity index (χ4v) is 2.18. The predicted octanol–water partition coefficient (Wildman–Crippen LogP) is 2.77. The maximum Gasteiger partial charge on any atom is 0.307 e. The van der Waals surface area contributed by atoms with E-state index < -0.39 is 5.97 Å². The first-order valence-corrected chi connectivity index (χ1v) is 5.33. The molecule has 0 unspecified atom stereocenters. The van der Waals surface area contributed by atoms with Crippen LogP contribution in [0.3, 0.4) is 0 Å². The molecule has 0 saturated heterocycles. The summed E-state index contributed by atoms with van der Waals surface area (Å²) >= 11 is 6.13. The number of rotatable bonds is 2. The summed E-state index contributed by atoms with van der Waals surface area (Å²) < 4.78 is 1.81. The number of aliphatic carboxylic acids is 1. The monoisotopic (exact) mass is 237 g/mol. The first kappa shape index (κ1) is 11.0. The highest BCUT2D eigenvalue weighted by Crippen LogP contribution is 2.30. The third-order valence-electron chi connectivity index (χ3n) is 2.71. The molecule has 0 bridgehead atoms. The lowest BCUT2D eigenvalue weighted by Crippen LogP contribution is -2.00. The standard InChI is InChI=1S/C12H12ClNO2/c1-7-3-4-10-8(5-7)9(6-11(15)16)12(13)14(10)2/h3-5H,6H2,1-2H3,(H,15,16). The van der Waals surface area contributed by atoms with Crippen molar-refractivity contribution in [2.24, 2.45) is 7.05 Å². The molecule has 0 spiro atoms. The quantitative estimate of drug-likeness (QED) is 0.873. The highest BCUT2D eigenvalue weighted by Gasteiger charge is 2.15. The van der Waals surface area contributed by atoms with Crippen LogP contribution < -0.4 is 0 Å². The topological polar surface area (TPSA) is 42.2 Å². The zero-order chi connectivity index (χ0) is 11.9. The Bertz CT molecular complexity index is 572. The Balaban J connectivity index is 2.75. The van der Waals surface area contributed by atoms with Gasteiger partial charge >= 0.3 is 5.97 Å². The normalized spacial score (nSPS) is 10.9. The van der Waals surface area contributed by atoms with Gasteiger partial charge in [-0.1, -0.05) is 23.2 Å². The van der Waals surface area contributed by atoms with Crippen LogP contribution in [0.5, 0.6) is 0 Å². The van der Waals surface area contributed by atoms with Gasteiger partial charge in [-0.05, 0) is 19.1 Å². The van der Waals surface area contributed by atoms with E-state index in [4.69, 9.17) is 16.7 Å². The molecule has 0 aliphatic carbocycles. The third kappa shape index (κ3) is 1.67. The molecule has 0 fully saturated rings. The summed E-state index contributed by atoms with van der Waals surface area (Å²) in [7, 11) is 1.84. The number of benzene rings is 1. The lowest BCUT2D eigenvalue weighted by Gasteiger charge is -1.97. The van der Waals surface area contributed by atoms with Gasteiger partial charge in [0.1, 0.15) is 5.15 Å². The first-order valence-electron chi connectivity index (χ1n) is 4.96. The molecule has 16 heavy (non-hydrogen) atoms. The predicted molar refractivity (Wildman–Crippen MR) is 64.0 cm³/mol. The summed E-state index contributed by atoms with van der Waals surface area (Å²) in [6, 6.07) is 5.92. The van der Waals surface area contributed by atoms with Gasteiger partial charge in [0.25, 0.3) is 0 Å². The van der Waals surface area contributed by atoms with Crippen LogP contribution in [0.4, 0.5) is 0 Å². The molecule has 84 valence electrons. The van der Waals surface area contributed by atoms with Crippen molar-refractivity contribution in [1.82, 2.24) is 4.57 Å². The SMILES string of the molecule is Cc1ccc2c(c1)c(CC(=O)O)c(Cl)n2C. The van der Waals surface area contributed by atoms with E-state index in [2.05, 4.69) is 0 Å². The summed E-state index contributed by atoms with van der Waals surface area (Å²) in [5.74, 6) is -0.865. The van der Waals surface area contributed by atoms with E-state index in [1.165, 1.54) is 0 Å². The molecule has 1 N–H and O–H groups in total. The van der Waals surface area contributed by atoms with Crippen molar-refractivity contribution in [2.45, 2.75) is 13.3 Å². The summed E-state index contributed by atoms with van der Waals surface area (Å²) in [4.78, 5) is 10.8. The Hall–Kier alpha value is -1.48. The van der Waals surface area contributed by atoms with Crippen LogP contribution in [-0.4, -0.2) is 15.6 Å². The van der Waals surface area contributed by atoms with Crippen molar-refractivity contribution in [2.75, 3.05) is 0 Å². The van der Waals surface area contributed by atoms with Crippen LogP contribution >= 0.6 is 11.6 Å². The summed E-state index contributed by atoms with van der Waals surface area (Å²) in [5.41, 5.74) is 2.75. The number of nitrogens with zero attached hydrogens (tertiary/aromatic N) is 1. The highest BCUT2D eigenvalue weighted by atomic mass is 35.5. The fourth-order valence-electron chi connectivity index (χ4n) is 1.92. The molecule has 0 atom stereocenters. The van der Waals surface area contributed by atoms with Gasteiger partial charge in [0.05, 0.1) is 6.42 Å². The average Bonchev–Trinajstić information content (AvgIpc) is 2.43. The molecule has 0 radical (unpaired) electrons. The Morgan fingerprint density at radius 2 is 2.19 bits per heavy atom. The number of aryl methyl sites for hydroxylation is 2. The van der Waals surface area contributed by atoms with Crippen molar-refractivity contribution in [1.29, 1.82) is 0 Å². The minimum atomic E-state index is -0.865. The zero-order valence-corrected chi connectivity index (χ0v) is 9.88. The number of carboxylic acids is 1. The number of aromatic nitrogens is 1. The van der Waals surface area contributed by atoms with Crippen molar-refractivity contribution in [3.8, 4) is 0 Å². The Kier molecular flexibility index (Phi) is 2.64. The zero-order valence-electron chi connectivity index (χ0n) is 9.12. The lowest BCUT2D eigenvalue weighted by molar-refractivity contribution is -0.136. The van der Waals surface area contributed by atoms with Crippen molar-refractivity contribution < 1.29 is 9.90 Å². The van der Waals surface area contributed by atoms with Gasteiger partial charge in [-0.25, -0.2) is 0 Å². The van der Waals surface area contributed by atoms with E-state index in [0.29, 0.717) is 10.7 Å². The minimum absolute atomic E-state index is 0.0420.